The number of aryl methyl sites for hydroxylation is 1. The van der Waals surface area contributed by atoms with Crippen LogP contribution in [0.2, 0.25) is 5.02 Å². The number of hydrogen-bond donors (Lipinski definition) is 1. The fraction of sp³-hybridized carbons (Fsp3) is 0.333. The molecule has 0 radical (unpaired) electrons. The minimum Gasteiger partial charge on any atom is -0.398 e. The molecule has 0 fully saturated rings. The maximum atomic E-state index is 14.0. The van der Waals surface area contributed by atoms with Crippen molar-refractivity contribution in [2.45, 2.75) is 23.8 Å². The lowest BCUT2D eigenvalue weighted by molar-refractivity contribution is -0.292. The minimum atomic E-state index is -6.33. The van der Waals surface area contributed by atoms with E-state index in [-0.39, 0.29) is 21.0 Å². The van der Waals surface area contributed by atoms with E-state index in [9.17, 15) is 35.1 Å². The summed E-state index contributed by atoms with van der Waals surface area (Å²) in [5.74, 6) is -5.90. The summed E-state index contributed by atoms with van der Waals surface area (Å²) in [6, 6.07) is 3.42. The molecular formula is C15H9ClF8N6. The normalized spacial score (nSPS) is 19.7. The van der Waals surface area contributed by atoms with Crippen molar-refractivity contribution in [2.24, 2.45) is 22.5 Å². The number of nitrogens with zero attached hydrogens (tertiary/aromatic N) is 5. The van der Waals surface area contributed by atoms with E-state index in [1.165, 1.54) is 6.07 Å². The highest BCUT2D eigenvalue weighted by atomic mass is 35.5. The summed E-state index contributed by atoms with van der Waals surface area (Å²) in [6.07, 6.45) is -11.2. The fourth-order valence-corrected chi connectivity index (χ4v) is 3.09. The number of halogens is 9. The summed E-state index contributed by atoms with van der Waals surface area (Å²) in [5, 5.41) is 13.1. The molecule has 162 valence electrons. The Morgan fingerprint density at radius 1 is 1.07 bits per heavy atom. The zero-order chi connectivity index (χ0) is 22.7. The van der Waals surface area contributed by atoms with Gasteiger partial charge in [-0.3, -0.25) is 4.68 Å². The van der Waals surface area contributed by atoms with Crippen molar-refractivity contribution in [1.29, 1.82) is 0 Å². The van der Waals surface area contributed by atoms with Gasteiger partial charge >= 0.3 is 18.3 Å². The summed E-state index contributed by atoms with van der Waals surface area (Å²) in [6.45, 7) is 0. The molecule has 0 spiro atoms. The van der Waals surface area contributed by atoms with Crippen molar-refractivity contribution in [2.75, 3.05) is 5.73 Å². The highest BCUT2D eigenvalue weighted by Crippen LogP contribution is 2.51. The smallest absolute Gasteiger partial charge is 0.398 e. The fourth-order valence-electron chi connectivity index (χ4n) is 2.97. The lowest BCUT2D eigenvalue weighted by Crippen LogP contribution is -2.37. The van der Waals surface area contributed by atoms with Crippen molar-refractivity contribution in [1.82, 2.24) is 9.78 Å². The SMILES string of the molecule is Cn1nc(C(F)(F)C(F)(F)F)c(C(F)(F)F)c1C1(c2ccc(Cl)c(N)c2)C=NN=N1. The van der Waals surface area contributed by atoms with Gasteiger partial charge in [0.25, 0.3) is 0 Å². The summed E-state index contributed by atoms with van der Waals surface area (Å²) in [4.78, 5) is 0. The molecule has 0 bridgehead atoms. The second-order valence-electron chi connectivity index (χ2n) is 6.20. The Labute approximate surface area is 167 Å². The van der Waals surface area contributed by atoms with Gasteiger partial charge in [-0.1, -0.05) is 17.7 Å². The lowest BCUT2D eigenvalue weighted by Gasteiger charge is -2.25. The Hall–Kier alpha value is -2.77. The first-order chi connectivity index (χ1) is 13.6. The van der Waals surface area contributed by atoms with E-state index in [0.717, 1.165) is 25.4 Å². The Morgan fingerprint density at radius 2 is 1.70 bits per heavy atom. The van der Waals surface area contributed by atoms with Gasteiger partial charge < -0.3 is 5.73 Å². The average molecular weight is 461 g/mol. The summed E-state index contributed by atoms with van der Waals surface area (Å²) in [5.41, 5.74) is -2.93. The topological polar surface area (TPSA) is 80.9 Å². The maximum absolute atomic E-state index is 14.0. The lowest BCUT2D eigenvalue weighted by atomic mass is 9.85. The Kier molecular flexibility index (Phi) is 4.84. The number of benzene rings is 1. The molecule has 1 unspecified atom stereocenters. The van der Waals surface area contributed by atoms with Gasteiger partial charge in [0.1, 0.15) is 5.56 Å². The van der Waals surface area contributed by atoms with Gasteiger partial charge in [-0.15, -0.1) is 10.2 Å². The Bertz CT molecular complexity index is 1040. The number of aromatic nitrogens is 2. The number of hydrogen-bond acceptors (Lipinski definition) is 5. The van der Waals surface area contributed by atoms with Crippen LogP contribution in [0, 0.1) is 0 Å². The van der Waals surface area contributed by atoms with Crippen LogP contribution in [0.4, 0.5) is 40.8 Å². The number of rotatable bonds is 3. The molecule has 2 aromatic rings. The zero-order valence-corrected chi connectivity index (χ0v) is 15.3. The van der Waals surface area contributed by atoms with Gasteiger partial charge in [0.15, 0.2) is 11.2 Å². The van der Waals surface area contributed by atoms with Gasteiger partial charge in [0.2, 0.25) is 0 Å². The van der Waals surface area contributed by atoms with Crippen molar-refractivity contribution in [3.8, 4) is 0 Å². The van der Waals surface area contributed by atoms with Crippen molar-refractivity contribution in [3.63, 3.8) is 0 Å². The first kappa shape index (κ1) is 21.9. The molecule has 1 aliphatic heterocycles. The molecule has 1 aliphatic rings. The van der Waals surface area contributed by atoms with Crippen LogP contribution in [0.25, 0.3) is 0 Å². The molecular weight excluding hydrogens is 452 g/mol. The molecule has 0 saturated heterocycles. The number of nitrogens with two attached hydrogens (primary N) is 1. The monoisotopic (exact) mass is 460 g/mol. The largest absolute Gasteiger partial charge is 0.459 e. The molecule has 1 atom stereocenters. The predicted molar refractivity (Wildman–Crippen MR) is 88.2 cm³/mol. The Balaban J connectivity index is 2.41. The molecule has 0 saturated carbocycles. The van der Waals surface area contributed by atoms with Crippen LogP contribution < -0.4 is 5.73 Å². The van der Waals surface area contributed by atoms with E-state index in [1.807, 2.05) is 0 Å². The third-order valence-electron chi connectivity index (χ3n) is 4.28. The van der Waals surface area contributed by atoms with E-state index < -0.39 is 40.8 Å². The van der Waals surface area contributed by atoms with E-state index >= 15 is 0 Å². The molecule has 1 aromatic carbocycles. The van der Waals surface area contributed by atoms with E-state index in [2.05, 4.69) is 20.5 Å². The van der Waals surface area contributed by atoms with Gasteiger partial charge in [-0.05, 0) is 22.9 Å². The molecule has 2 N–H and O–H groups in total. The van der Waals surface area contributed by atoms with Crippen LogP contribution in [0.3, 0.4) is 0 Å². The summed E-state index contributed by atoms with van der Waals surface area (Å²) in [7, 11) is 0.767. The molecule has 3 rings (SSSR count). The van der Waals surface area contributed by atoms with E-state index in [0.29, 0.717) is 0 Å². The first-order valence-corrected chi connectivity index (χ1v) is 8.12. The highest BCUT2D eigenvalue weighted by Gasteiger charge is 2.65. The molecule has 1 aromatic heterocycles. The molecule has 6 nitrogen and oxygen atoms in total. The van der Waals surface area contributed by atoms with Gasteiger partial charge in [-0.2, -0.15) is 40.2 Å². The average Bonchev–Trinajstić information content (AvgIpc) is 3.21. The molecule has 15 heteroatoms. The van der Waals surface area contributed by atoms with Crippen LogP contribution in [0.15, 0.2) is 33.6 Å². The first-order valence-electron chi connectivity index (χ1n) is 7.74. The zero-order valence-electron chi connectivity index (χ0n) is 14.5. The molecule has 2 heterocycles. The molecule has 0 amide bonds. The molecule has 0 aliphatic carbocycles. The standard InChI is InChI=1S/C15H9ClF8N6/c1-30-11(9(14(19,20)21)10(27-30)13(17,18)15(22,23)24)12(5-26-29-28-12)6-2-3-7(16)8(25)4-6/h2-5H,25H2,1H3. The van der Waals surface area contributed by atoms with Crippen molar-refractivity contribution >= 4 is 23.5 Å². The van der Waals surface area contributed by atoms with Crippen LogP contribution in [0.1, 0.15) is 22.5 Å². The van der Waals surface area contributed by atoms with Gasteiger partial charge in [0.05, 0.1) is 22.6 Å². The predicted octanol–water partition coefficient (Wildman–Crippen LogP) is 5.02. The van der Waals surface area contributed by atoms with Crippen LogP contribution in [0.5, 0.6) is 0 Å². The van der Waals surface area contributed by atoms with E-state index in [1.54, 1.807) is 0 Å². The van der Waals surface area contributed by atoms with E-state index in [4.69, 9.17) is 17.3 Å². The second kappa shape index (κ2) is 6.62. The van der Waals surface area contributed by atoms with Crippen LogP contribution >= 0.6 is 11.6 Å². The quantitative estimate of drug-likeness (QED) is 0.515. The number of nitrogen functional groups attached to an aromatic ring is 1. The molecule has 30 heavy (non-hydrogen) atoms. The Morgan fingerprint density at radius 3 is 2.17 bits per heavy atom. The number of anilines is 1. The van der Waals surface area contributed by atoms with Crippen LogP contribution in [-0.2, 0) is 24.7 Å². The second-order valence-corrected chi connectivity index (χ2v) is 6.61. The van der Waals surface area contributed by atoms with Crippen molar-refractivity contribution in [3.05, 3.63) is 45.7 Å². The summed E-state index contributed by atoms with van der Waals surface area (Å²) < 4.78 is 108. The van der Waals surface area contributed by atoms with Crippen LogP contribution in [-0.4, -0.2) is 22.2 Å². The maximum Gasteiger partial charge on any atom is 0.459 e. The highest BCUT2D eigenvalue weighted by molar-refractivity contribution is 6.33. The third-order valence-corrected chi connectivity index (χ3v) is 4.62. The minimum absolute atomic E-state index is 0.0196. The summed E-state index contributed by atoms with van der Waals surface area (Å²) >= 11 is 5.79. The third kappa shape index (κ3) is 3.18. The van der Waals surface area contributed by atoms with Gasteiger partial charge in [0, 0.05) is 7.05 Å². The number of alkyl halides is 8. The van der Waals surface area contributed by atoms with Gasteiger partial charge in [-0.25, -0.2) is 0 Å². The van der Waals surface area contributed by atoms with Crippen molar-refractivity contribution < 1.29 is 35.1 Å².